The Hall–Kier alpha value is -0.720. The first-order chi connectivity index (χ1) is 5.33. The van der Waals surface area contributed by atoms with E-state index in [0.717, 1.165) is 13.0 Å². The van der Waals surface area contributed by atoms with E-state index in [2.05, 4.69) is 31.3 Å². The Morgan fingerprint density at radius 2 is 2.00 bits per heavy atom. The first kappa shape index (κ1) is 10.3. The molecule has 0 fully saturated rings. The topological polar surface area (TPSA) is 12.0 Å². The van der Waals surface area contributed by atoms with Crippen LogP contribution in [0.2, 0.25) is 0 Å². The second-order valence-electron chi connectivity index (χ2n) is 2.38. The Morgan fingerprint density at radius 1 is 1.36 bits per heavy atom. The van der Waals surface area contributed by atoms with E-state index < -0.39 is 0 Å². The quantitative estimate of drug-likeness (QED) is 0.611. The molecule has 0 aromatic rings. The molecule has 0 bridgehead atoms. The predicted octanol–water partition coefficient (Wildman–Crippen LogP) is 2.86. The average molecular weight is 153 g/mol. The van der Waals surface area contributed by atoms with Gasteiger partial charge in [-0.3, -0.25) is 0 Å². The maximum atomic E-state index is 3.28. The molecular weight excluding hydrogens is 134 g/mol. The maximum Gasteiger partial charge on any atom is 0.0360 e. The highest BCUT2D eigenvalue weighted by molar-refractivity contribution is 5.22. The summed E-state index contributed by atoms with van der Waals surface area (Å²) in [6.45, 7) is 9.31. The fraction of sp³-hybridized carbons (Fsp3) is 0.600. The summed E-state index contributed by atoms with van der Waals surface area (Å²) >= 11 is 0. The average Bonchev–Trinajstić information content (AvgIpc) is 2.10. The van der Waals surface area contributed by atoms with Crippen molar-refractivity contribution in [3.63, 3.8) is 0 Å². The summed E-state index contributed by atoms with van der Waals surface area (Å²) in [6.07, 6.45) is 5.49. The summed E-state index contributed by atoms with van der Waals surface area (Å²) in [4.78, 5) is 0. The van der Waals surface area contributed by atoms with Crippen molar-refractivity contribution >= 4 is 0 Å². The summed E-state index contributed by atoms with van der Waals surface area (Å²) in [5.74, 6) is 0. The van der Waals surface area contributed by atoms with Gasteiger partial charge in [0.2, 0.25) is 0 Å². The van der Waals surface area contributed by atoms with E-state index in [1.165, 1.54) is 11.3 Å². The predicted molar refractivity (Wildman–Crippen MR) is 51.5 cm³/mol. The van der Waals surface area contributed by atoms with Crippen LogP contribution in [-0.4, -0.2) is 6.54 Å². The summed E-state index contributed by atoms with van der Waals surface area (Å²) in [5, 5.41) is 3.28. The van der Waals surface area contributed by atoms with Gasteiger partial charge >= 0.3 is 0 Å². The largest absolute Gasteiger partial charge is 0.385 e. The molecule has 1 aliphatic rings. The van der Waals surface area contributed by atoms with Gasteiger partial charge in [0.05, 0.1) is 0 Å². The zero-order valence-corrected chi connectivity index (χ0v) is 8.07. The van der Waals surface area contributed by atoms with Gasteiger partial charge in [0.15, 0.2) is 0 Å². The van der Waals surface area contributed by atoms with Gasteiger partial charge in [-0.1, -0.05) is 32.4 Å². The minimum Gasteiger partial charge on any atom is -0.385 e. The fourth-order valence-corrected chi connectivity index (χ4v) is 0.857. The van der Waals surface area contributed by atoms with Gasteiger partial charge in [0.25, 0.3) is 0 Å². The molecule has 64 valence electrons. The van der Waals surface area contributed by atoms with E-state index in [4.69, 9.17) is 0 Å². The highest BCUT2D eigenvalue weighted by Gasteiger charge is 1.97. The zero-order chi connectivity index (χ0) is 8.69. The van der Waals surface area contributed by atoms with Crippen molar-refractivity contribution in [2.75, 3.05) is 6.54 Å². The van der Waals surface area contributed by atoms with Crippen LogP contribution in [-0.2, 0) is 0 Å². The second-order valence-corrected chi connectivity index (χ2v) is 2.38. The lowest BCUT2D eigenvalue weighted by molar-refractivity contribution is 0.822. The number of rotatable bonds is 1. The van der Waals surface area contributed by atoms with Gasteiger partial charge in [0, 0.05) is 12.2 Å². The van der Waals surface area contributed by atoms with Gasteiger partial charge in [-0.15, -0.1) is 0 Å². The van der Waals surface area contributed by atoms with E-state index >= 15 is 0 Å². The molecular formula is C10H19N. The Morgan fingerprint density at radius 3 is 2.36 bits per heavy atom. The molecule has 0 saturated carbocycles. The van der Waals surface area contributed by atoms with Crippen molar-refractivity contribution in [2.45, 2.75) is 34.1 Å². The summed E-state index contributed by atoms with van der Waals surface area (Å²) in [6, 6.07) is 0. The van der Waals surface area contributed by atoms with Gasteiger partial charge in [-0.2, -0.15) is 0 Å². The maximum absolute atomic E-state index is 3.28. The van der Waals surface area contributed by atoms with E-state index in [9.17, 15) is 0 Å². The van der Waals surface area contributed by atoms with Crippen LogP contribution in [0, 0.1) is 0 Å². The fourth-order valence-electron chi connectivity index (χ4n) is 0.857. The molecule has 0 amide bonds. The van der Waals surface area contributed by atoms with Crippen LogP contribution in [0.5, 0.6) is 0 Å². The Balaban J connectivity index is 0.000000461. The molecule has 0 aromatic heterocycles. The van der Waals surface area contributed by atoms with Crippen LogP contribution < -0.4 is 5.32 Å². The number of nitrogens with one attached hydrogen (secondary N) is 1. The van der Waals surface area contributed by atoms with E-state index in [1.807, 2.05) is 13.8 Å². The lowest BCUT2D eigenvalue weighted by Crippen LogP contribution is -2.17. The molecule has 1 N–H and O–H groups in total. The van der Waals surface area contributed by atoms with Gasteiger partial charge in [-0.05, 0) is 19.4 Å². The van der Waals surface area contributed by atoms with E-state index in [1.54, 1.807) is 0 Å². The van der Waals surface area contributed by atoms with E-state index in [-0.39, 0.29) is 0 Å². The molecule has 0 unspecified atom stereocenters. The number of hydrogen-bond donors (Lipinski definition) is 1. The molecule has 11 heavy (non-hydrogen) atoms. The van der Waals surface area contributed by atoms with Crippen molar-refractivity contribution in [1.82, 2.24) is 5.32 Å². The third kappa shape index (κ3) is 3.87. The highest BCUT2D eigenvalue weighted by Crippen LogP contribution is 2.05. The number of hydrogen-bond acceptors (Lipinski definition) is 1. The first-order valence-corrected chi connectivity index (χ1v) is 4.43. The lowest BCUT2D eigenvalue weighted by Gasteiger charge is -2.12. The molecule has 0 aliphatic carbocycles. The highest BCUT2D eigenvalue weighted by atomic mass is 14.9. The summed E-state index contributed by atoms with van der Waals surface area (Å²) < 4.78 is 0. The standard InChI is InChI=1S/C8H13N.C2H6/c1-3-8-5-4-7(2)9-6-8;1-2/h4-5,9H,3,6H2,1-2H3;1-2H3. The molecule has 1 heteroatoms. The Bertz CT molecular complexity index is 154. The minimum absolute atomic E-state index is 1.04. The molecule has 0 atom stereocenters. The third-order valence-corrected chi connectivity index (χ3v) is 1.62. The van der Waals surface area contributed by atoms with Gasteiger partial charge < -0.3 is 5.32 Å². The molecule has 1 rings (SSSR count). The molecule has 0 radical (unpaired) electrons. The van der Waals surface area contributed by atoms with Crippen molar-refractivity contribution in [1.29, 1.82) is 0 Å². The van der Waals surface area contributed by atoms with Crippen molar-refractivity contribution in [2.24, 2.45) is 0 Å². The number of dihydropyridines is 1. The Labute approximate surface area is 70.2 Å². The molecule has 1 nitrogen and oxygen atoms in total. The molecule has 0 saturated heterocycles. The van der Waals surface area contributed by atoms with Crippen LogP contribution in [0.4, 0.5) is 0 Å². The summed E-state index contributed by atoms with van der Waals surface area (Å²) in [5.41, 5.74) is 2.76. The van der Waals surface area contributed by atoms with E-state index in [0.29, 0.717) is 0 Å². The molecule has 1 heterocycles. The van der Waals surface area contributed by atoms with Crippen molar-refractivity contribution in [3.8, 4) is 0 Å². The van der Waals surface area contributed by atoms with Gasteiger partial charge in [0.1, 0.15) is 0 Å². The van der Waals surface area contributed by atoms with Crippen LogP contribution in [0.3, 0.4) is 0 Å². The van der Waals surface area contributed by atoms with Gasteiger partial charge in [-0.25, -0.2) is 0 Å². The Kier molecular flexibility index (Phi) is 5.63. The minimum atomic E-state index is 1.04. The van der Waals surface area contributed by atoms with Crippen molar-refractivity contribution in [3.05, 3.63) is 23.4 Å². The SMILES string of the molecule is CC.CCC1=CC=C(C)NC1. The third-order valence-electron chi connectivity index (χ3n) is 1.62. The molecule has 1 aliphatic heterocycles. The van der Waals surface area contributed by atoms with Crippen LogP contribution in [0.1, 0.15) is 34.1 Å². The van der Waals surface area contributed by atoms with Crippen LogP contribution >= 0.6 is 0 Å². The lowest BCUT2D eigenvalue weighted by atomic mass is 10.1. The van der Waals surface area contributed by atoms with Crippen LogP contribution in [0.25, 0.3) is 0 Å². The van der Waals surface area contributed by atoms with Crippen LogP contribution in [0.15, 0.2) is 23.4 Å². The normalized spacial score (nSPS) is 15.3. The monoisotopic (exact) mass is 153 g/mol. The van der Waals surface area contributed by atoms with Crippen molar-refractivity contribution < 1.29 is 0 Å². The summed E-state index contributed by atoms with van der Waals surface area (Å²) in [7, 11) is 0. The molecule has 0 spiro atoms. The second kappa shape index (κ2) is 6.02. The number of allylic oxidation sites excluding steroid dienone is 3. The smallest absolute Gasteiger partial charge is 0.0360 e. The molecule has 0 aromatic carbocycles. The zero-order valence-electron chi connectivity index (χ0n) is 8.07. The first-order valence-electron chi connectivity index (χ1n) is 4.43.